The molecule has 0 saturated heterocycles. The number of aromatic nitrogens is 3. The van der Waals surface area contributed by atoms with Crippen LogP contribution in [0.15, 0.2) is 47.6 Å². The fourth-order valence-electron chi connectivity index (χ4n) is 2.27. The first-order chi connectivity index (χ1) is 11.6. The predicted molar refractivity (Wildman–Crippen MR) is 98.0 cm³/mol. The molecule has 0 unspecified atom stereocenters. The van der Waals surface area contributed by atoms with Crippen LogP contribution in [0.3, 0.4) is 0 Å². The van der Waals surface area contributed by atoms with Crippen LogP contribution in [-0.4, -0.2) is 24.9 Å². The molecule has 24 heavy (non-hydrogen) atoms. The van der Waals surface area contributed by atoms with Gasteiger partial charge in [0.15, 0.2) is 5.16 Å². The Labute approximate surface area is 148 Å². The fourth-order valence-corrected chi connectivity index (χ4v) is 4.23. The summed E-state index contributed by atoms with van der Waals surface area (Å²) in [5, 5.41) is 21.2. The number of hydrogen-bond acceptors (Lipinski definition) is 6. The maximum Gasteiger partial charge on any atom is 0.168 e. The van der Waals surface area contributed by atoms with Gasteiger partial charge >= 0.3 is 0 Å². The highest BCUT2D eigenvalue weighted by molar-refractivity contribution is 7.99. The zero-order valence-electron chi connectivity index (χ0n) is 13.3. The minimum atomic E-state index is -0.292. The molecule has 7 heteroatoms. The minimum Gasteiger partial charge on any atom is -0.510 e. The number of thiazole rings is 1. The lowest BCUT2D eigenvalue weighted by atomic mass is 10.2. The van der Waals surface area contributed by atoms with Crippen molar-refractivity contribution in [3.8, 4) is 6.07 Å². The lowest BCUT2D eigenvalue weighted by Crippen LogP contribution is -2.06. The second-order valence-electron chi connectivity index (χ2n) is 5.11. The van der Waals surface area contributed by atoms with E-state index in [-0.39, 0.29) is 16.6 Å². The predicted octanol–water partition coefficient (Wildman–Crippen LogP) is 4.49. The Hall–Kier alpha value is -2.30. The van der Waals surface area contributed by atoms with Crippen molar-refractivity contribution in [2.45, 2.75) is 30.8 Å². The molecule has 0 saturated carbocycles. The van der Waals surface area contributed by atoms with Gasteiger partial charge in [-0.05, 0) is 26.0 Å². The number of allylic oxidation sites excluding steroid dienone is 1. The highest BCUT2D eigenvalue weighted by Gasteiger charge is 2.20. The molecular formula is C17H16N4OS2. The second kappa shape index (κ2) is 7.07. The van der Waals surface area contributed by atoms with Gasteiger partial charge in [-0.3, -0.25) is 0 Å². The monoisotopic (exact) mass is 356 g/mol. The third kappa shape index (κ3) is 3.16. The molecule has 0 aliphatic heterocycles. The van der Waals surface area contributed by atoms with Gasteiger partial charge in [-0.2, -0.15) is 5.26 Å². The van der Waals surface area contributed by atoms with Crippen molar-refractivity contribution in [2.24, 2.45) is 0 Å². The van der Waals surface area contributed by atoms with E-state index in [4.69, 9.17) is 0 Å². The smallest absolute Gasteiger partial charge is 0.168 e. The third-order valence-corrected chi connectivity index (χ3v) is 5.74. The fraction of sp³-hybridized carbons (Fsp3) is 0.235. The Morgan fingerprint density at radius 1 is 1.46 bits per heavy atom. The molecular weight excluding hydrogens is 340 g/mol. The van der Waals surface area contributed by atoms with E-state index >= 15 is 0 Å². The van der Waals surface area contributed by atoms with Crippen LogP contribution < -0.4 is 0 Å². The highest BCUT2D eigenvalue weighted by Crippen LogP contribution is 2.33. The molecule has 0 radical (unpaired) electrons. The molecule has 122 valence electrons. The molecule has 1 N–H and O–H groups in total. The van der Waals surface area contributed by atoms with Gasteiger partial charge in [0.05, 0.1) is 15.5 Å². The Morgan fingerprint density at radius 2 is 2.25 bits per heavy atom. The molecule has 3 rings (SSSR count). The van der Waals surface area contributed by atoms with Gasteiger partial charge in [0.1, 0.15) is 22.4 Å². The molecule has 1 aromatic carbocycles. The number of fused-ring (bicyclic) bond motifs is 1. The van der Waals surface area contributed by atoms with Crippen molar-refractivity contribution in [1.29, 1.82) is 5.26 Å². The van der Waals surface area contributed by atoms with Crippen LogP contribution in [0.5, 0.6) is 0 Å². The molecule has 0 fully saturated rings. The van der Waals surface area contributed by atoms with E-state index in [9.17, 15) is 10.4 Å². The second-order valence-corrected chi connectivity index (χ2v) is 7.45. The van der Waals surface area contributed by atoms with E-state index in [0.29, 0.717) is 5.01 Å². The molecule has 2 heterocycles. The van der Waals surface area contributed by atoms with Crippen LogP contribution >= 0.6 is 23.1 Å². The quantitative estimate of drug-likeness (QED) is 0.414. The number of aliphatic hydroxyl groups is 1. The Morgan fingerprint density at radius 3 is 2.96 bits per heavy atom. The van der Waals surface area contributed by atoms with Crippen molar-refractivity contribution < 1.29 is 5.11 Å². The first-order valence-electron chi connectivity index (χ1n) is 7.51. The zero-order chi connectivity index (χ0) is 17.1. The van der Waals surface area contributed by atoms with Crippen molar-refractivity contribution in [3.05, 3.63) is 47.4 Å². The van der Waals surface area contributed by atoms with Gasteiger partial charge < -0.3 is 9.67 Å². The first kappa shape index (κ1) is 16.6. The van der Waals surface area contributed by atoms with E-state index in [1.54, 1.807) is 6.20 Å². The van der Waals surface area contributed by atoms with Crippen molar-refractivity contribution in [2.75, 3.05) is 0 Å². The topological polar surface area (TPSA) is 74.7 Å². The number of nitrogens with zero attached hydrogens (tertiary/aromatic N) is 4. The lowest BCUT2D eigenvalue weighted by Gasteiger charge is -2.12. The summed E-state index contributed by atoms with van der Waals surface area (Å²) < 4.78 is 2.99. The maximum absolute atomic E-state index is 10.6. The maximum atomic E-state index is 10.6. The Kier molecular flexibility index (Phi) is 4.88. The molecule has 0 amide bonds. The Balaban J connectivity index is 1.93. The number of imidazole rings is 1. The van der Waals surface area contributed by atoms with E-state index in [2.05, 4.69) is 16.0 Å². The summed E-state index contributed by atoms with van der Waals surface area (Å²) in [6.07, 6.45) is 3.63. The van der Waals surface area contributed by atoms with Crippen molar-refractivity contribution >= 4 is 38.9 Å². The summed E-state index contributed by atoms with van der Waals surface area (Å²) in [5.41, 5.74) is 1.06. The summed E-state index contributed by atoms with van der Waals surface area (Å²) in [5.74, 6) is 0.0345. The lowest BCUT2D eigenvalue weighted by molar-refractivity contribution is 0.402. The van der Waals surface area contributed by atoms with Crippen LogP contribution in [0, 0.1) is 11.3 Å². The number of benzene rings is 1. The van der Waals surface area contributed by atoms with E-state index in [1.165, 1.54) is 23.1 Å². The standard InChI is InChI=1S/C17H16N4OS2/c1-3-21-9-8-19-17(21)23-11(2)15(22)12(10-18)16-20-13-6-4-5-7-14(13)24-16/h4-9,11,22H,3H2,1-2H3/t11-/m1/s1. The third-order valence-electron chi connectivity index (χ3n) is 3.56. The number of hydrogen-bond donors (Lipinski definition) is 1. The molecule has 0 bridgehead atoms. The van der Waals surface area contributed by atoms with Gasteiger partial charge in [-0.1, -0.05) is 23.9 Å². The summed E-state index contributed by atoms with van der Waals surface area (Å²) in [4.78, 5) is 8.76. The van der Waals surface area contributed by atoms with Gasteiger partial charge in [0.25, 0.3) is 0 Å². The SMILES string of the molecule is CCn1ccnc1S[C@H](C)C(O)=C(C#N)c1nc2ccccc2s1. The molecule has 0 aliphatic rings. The zero-order valence-corrected chi connectivity index (χ0v) is 14.9. The summed E-state index contributed by atoms with van der Waals surface area (Å²) in [7, 11) is 0. The molecule has 2 aromatic heterocycles. The number of nitriles is 1. The van der Waals surface area contributed by atoms with Crippen LogP contribution in [0.1, 0.15) is 18.9 Å². The normalized spacial score (nSPS) is 13.5. The molecule has 5 nitrogen and oxygen atoms in total. The van der Waals surface area contributed by atoms with E-state index < -0.39 is 0 Å². The van der Waals surface area contributed by atoms with E-state index in [1.807, 2.05) is 48.9 Å². The highest BCUT2D eigenvalue weighted by atomic mass is 32.2. The van der Waals surface area contributed by atoms with E-state index in [0.717, 1.165) is 21.9 Å². The number of aliphatic hydroxyl groups excluding tert-OH is 1. The number of aryl methyl sites for hydroxylation is 1. The van der Waals surface area contributed by atoms with Gasteiger partial charge in [0, 0.05) is 18.9 Å². The number of para-hydroxylation sites is 1. The van der Waals surface area contributed by atoms with Crippen molar-refractivity contribution in [1.82, 2.24) is 14.5 Å². The largest absolute Gasteiger partial charge is 0.510 e. The van der Waals surface area contributed by atoms with Crippen LogP contribution in [0.4, 0.5) is 0 Å². The van der Waals surface area contributed by atoms with Gasteiger partial charge in [0.2, 0.25) is 0 Å². The molecule has 0 spiro atoms. The number of rotatable bonds is 5. The molecule has 0 aliphatic carbocycles. The average molecular weight is 356 g/mol. The molecule has 3 aromatic rings. The summed E-state index contributed by atoms with van der Waals surface area (Å²) in [6, 6.07) is 9.80. The summed E-state index contributed by atoms with van der Waals surface area (Å²) >= 11 is 2.83. The van der Waals surface area contributed by atoms with Crippen LogP contribution in [0.2, 0.25) is 0 Å². The van der Waals surface area contributed by atoms with Crippen LogP contribution in [0.25, 0.3) is 15.8 Å². The Bertz CT molecular complexity index is 902. The van der Waals surface area contributed by atoms with Gasteiger partial charge in [-0.15, -0.1) is 11.3 Å². The minimum absolute atomic E-state index is 0.0345. The van der Waals surface area contributed by atoms with Crippen LogP contribution in [-0.2, 0) is 6.54 Å². The average Bonchev–Trinajstić information content (AvgIpc) is 3.21. The first-order valence-corrected chi connectivity index (χ1v) is 9.20. The summed E-state index contributed by atoms with van der Waals surface area (Å²) in [6.45, 7) is 4.70. The van der Waals surface area contributed by atoms with Crippen molar-refractivity contribution in [3.63, 3.8) is 0 Å². The van der Waals surface area contributed by atoms with Gasteiger partial charge in [-0.25, -0.2) is 9.97 Å². The number of thioether (sulfide) groups is 1. The molecule has 1 atom stereocenters.